The lowest BCUT2D eigenvalue weighted by Gasteiger charge is -2.34. The molecule has 6 atom stereocenters. The minimum absolute atomic E-state index is 1.01. The molecule has 3 saturated carbocycles. The zero-order chi connectivity index (χ0) is 9.71. The monoisotopic (exact) mass is 192 g/mol. The van der Waals surface area contributed by atoms with Gasteiger partial charge in [-0.3, -0.25) is 0 Å². The van der Waals surface area contributed by atoms with Crippen molar-refractivity contribution in [1.82, 2.24) is 0 Å². The van der Waals surface area contributed by atoms with E-state index in [0.717, 1.165) is 23.7 Å². The van der Waals surface area contributed by atoms with Gasteiger partial charge in [0, 0.05) is 0 Å². The first-order valence-corrected chi connectivity index (χ1v) is 6.81. The van der Waals surface area contributed by atoms with Crippen LogP contribution < -0.4 is 0 Å². The second-order valence-electron chi connectivity index (χ2n) is 6.20. The largest absolute Gasteiger partial charge is 0.0651 e. The van der Waals surface area contributed by atoms with Crippen molar-refractivity contribution in [2.75, 3.05) is 0 Å². The van der Waals surface area contributed by atoms with E-state index in [1.54, 1.807) is 32.1 Å². The molecule has 0 spiro atoms. The molecule has 0 heterocycles. The highest BCUT2D eigenvalue weighted by Crippen LogP contribution is 2.62. The molecule has 0 aliphatic heterocycles. The van der Waals surface area contributed by atoms with Crippen LogP contribution in [0.5, 0.6) is 0 Å². The molecular weight excluding hydrogens is 168 g/mol. The second kappa shape index (κ2) is 3.25. The molecule has 80 valence electrons. The molecule has 0 amide bonds. The van der Waals surface area contributed by atoms with Crippen molar-refractivity contribution < 1.29 is 0 Å². The molecule has 14 heavy (non-hydrogen) atoms. The van der Waals surface area contributed by atoms with Gasteiger partial charge < -0.3 is 0 Å². The van der Waals surface area contributed by atoms with Crippen LogP contribution in [0.25, 0.3) is 0 Å². The third kappa shape index (κ3) is 1.12. The molecule has 3 fully saturated rings. The van der Waals surface area contributed by atoms with Crippen molar-refractivity contribution in [2.45, 2.75) is 52.4 Å². The number of rotatable bonds is 2. The second-order valence-corrected chi connectivity index (χ2v) is 6.20. The van der Waals surface area contributed by atoms with Gasteiger partial charge in [-0.25, -0.2) is 0 Å². The zero-order valence-corrected chi connectivity index (χ0v) is 9.71. The molecule has 3 aliphatic rings. The molecule has 0 radical (unpaired) electrons. The maximum absolute atomic E-state index is 2.50. The van der Waals surface area contributed by atoms with E-state index in [4.69, 9.17) is 0 Å². The summed E-state index contributed by atoms with van der Waals surface area (Å²) in [6, 6.07) is 0. The van der Waals surface area contributed by atoms with Gasteiger partial charge in [-0.1, -0.05) is 26.7 Å². The van der Waals surface area contributed by atoms with E-state index in [1.807, 2.05) is 0 Å². The van der Waals surface area contributed by atoms with E-state index in [1.165, 1.54) is 18.3 Å². The highest BCUT2D eigenvalue weighted by atomic mass is 14.6. The Morgan fingerprint density at radius 1 is 1.07 bits per heavy atom. The Morgan fingerprint density at radius 3 is 2.64 bits per heavy atom. The van der Waals surface area contributed by atoms with Crippen LogP contribution in [-0.2, 0) is 0 Å². The molecule has 0 aromatic carbocycles. The van der Waals surface area contributed by atoms with Gasteiger partial charge >= 0.3 is 0 Å². The summed E-state index contributed by atoms with van der Waals surface area (Å²) in [5.74, 6) is 6.79. The van der Waals surface area contributed by atoms with E-state index < -0.39 is 0 Å². The third-order valence-electron chi connectivity index (χ3n) is 5.85. The fraction of sp³-hybridized carbons (Fsp3) is 1.00. The molecule has 0 N–H and O–H groups in total. The Kier molecular flexibility index (Phi) is 2.15. The van der Waals surface area contributed by atoms with Crippen LogP contribution >= 0.6 is 0 Å². The number of fused-ring (bicyclic) bond motifs is 5. The zero-order valence-electron chi connectivity index (χ0n) is 9.71. The van der Waals surface area contributed by atoms with Crippen molar-refractivity contribution in [1.29, 1.82) is 0 Å². The Labute approximate surface area is 88.5 Å². The minimum atomic E-state index is 1.01. The molecule has 3 rings (SSSR count). The Hall–Kier alpha value is 0. The molecule has 0 saturated heterocycles. The van der Waals surface area contributed by atoms with Crippen molar-refractivity contribution in [3.63, 3.8) is 0 Å². The molecule has 0 aromatic heterocycles. The lowest BCUT2D eigenvalue weighted by atomic mass is 9.71. The summed E-state index contributed by atoms with van der Waals surface area (Å²) in [5.41, 5.74) is 0. The predicted molar refractivity (Wildman–Crippen MR) is 60.0 cm³/mol. The van der Waals surface area contributed by atoms with Gasteiger partial charge in [0.2, 0.25) is 0 Å². The van der Waals surface area contributed by atoms with Gasteiger partial charge in [0.25, 0.3) is 0 Å². The van der Waals surface area contributed by atoms with Crippen LogP contribution in [0.3, 0.4) is 0 Å². The normalized spacial score (nSPS) is 52.3. The number of hydrogen-bond donors (Lipinski definition) is 0. The van der Waals surface area contributed by atoms with E-state index in [9.17, 15) is 0 Å². The SMILES string of the molecule is CCC(C)C1CC2CC1C1CCCC21. The maximum Gasteiger partial charge on any atom is -0.0349 e. The fourth-order valence-electron chi connectivity index (χ4n) is 5.08. The summed E-state index contributed by atoms with van der Waals surface area (Å²) >= 11 is 0. The van der Waals surface area contributed by atoms with Gasteiger partial charge in [-0.2, -0.15) is 0 Å². The lowest BCUT2D eigenvalue weighted by molar-refractivity contribution is 0.142. The van der Waals surface area contributed by atoms with E-state index in [2.05, 4.69) is 13.8 Å². The Balaban J connectivity index is 1.77. The van der Waals surface area contributed by atoms with Crippen LogP contribution in [0.1, 0.15) is 52.4 Å². The molecule has 0 nitrogen and oxygen atoms in total. The Bertz CT molecular complexity index is 220. The van der Waals surface area contributed by atoms with Crippen LogP contribution in [-0.4, -0.2) is 0 Å². The van der Waals surface area contributed by atoms with Gasteiger partial charge in [0.1, 0.15) is 0 Å². The van der Waals surface area contributed by atoms with Crippen LogP contribution in [0, 0.1) is 35.5 Å². The maximum atomic E-state index is 2.50. The van der Waals surface area contributed by atoms with Gasteiger partial charge in [0.15, 0.2) is 0 Å². The van der Waals surface area contributed by atoms with Crippen molar-refractivity contribution in [2.24, 2.45) is 35.5 Å². The fourth-order valence-corrected chi connectivity index (χ4v) is 5.08. The summed E-state index contributed by atoms with van der Waals surface area (Å²) < 4.78 is 0. The minimum Gasteiger partial charge on any atom is -0.0651 e. The van der Waals surface area contributed by atoms with E-state index in [0.29, 0.717) is 0 Å². The Morgan fingerprint density at radius 2 is 1.86 bits per heavy atom. The topological polar surface area (TPSA) is 0 Å². The lowest BCUT2D eigenvalue weighted by Crippen LogP contribution is -2.28. The van der Waals surface area contributed by atoms with E-state index in [-0.39, 0.29) is 0 Å². The molecule has 0 aromatic rings. The van der Waals surface area contributed by atoms with Gasteiger partial charge in [-0.05, 0) is 61.2 Å². The van der Waals surface area contributed by atoms with Gasteiger partial charge in [-0.15, -0.1) is 0 Å². The highest BCUT2D eigenvalue weighted by Gasteiger charge is 2.54. The standard InChI is InChI=1S/C14H24/c1-3-9(2)13-7-10-8-14(13)12-6-4-5-11(10)12/h9-14H,3-8H2,1-2H3. The van der Waals surface area contributed by atoms with Crippen molar-refractivity contribution >= 4 is 0 Å². The summed E-state index contributed by atoms with van der Waals surface area (Å²) in [6.45, 7) is 4.87. The summed E-state index contributed by atoms with van der Waals surface area (Å²) in [5, 5.41) is 0. The van der Waals surface area contributed by atoms with Crippen LogP contribution in [0.15, 0.2) is 0 Å². The predicted octanol–water partition coefficient (Wildman–Crippen LogP) is 4.10. The van der Waals surface area contributed by atoms with Crippen molar-refractivity contribution in [3.8, 4) is 0 Å². The number of hydrogen-bond acceptors (Lipinski definition) is 0. The van der Waals surface area contributed by atoms with E-state index >= 15 is 0 Å². The first kappa shape index (κ1) is 9.24. The van der Waals surface area contributed by atoms with Crippen molar-refractivity contribution in [3.05, 3.63) is 0 Å². The van der Waals surface area contributed by atoms with Gasteiger partial charge in [0.05, 0.1) is 0 Å². The molecule has 2 bridgehead atoms. The molecule has 0 heteroatoms. The molecule has 3 aliphatic carbocycles. The third-order valence-corrected chi connectivity index (χ3v) is 5.85. The molecular formula is C14H24. The summed E-state index contributed by atoms with van der Waals surface area (Å²) in [6.07, 6.45) is 9.34. The van der Waals surface area contributed by atoms with Crippen LogP contribution in [0.4, 0.5) is 0 Å². The quantitative estimate of drug-likeness (QED) is 0.618. The smallest absolute Gasteiger partial charge is 0.0349 e. The molecule has 6 unspecified atom stereocenters. The highest BCUT2D eigenvalue weighted by molar-refractivity contribution is 5.03. The average Bonchev–Trinajstić information content (AvgIpc) is 2.86. The average molecular weight is 192 g/mol. The summed E-state index contributed by atoms with van der Waals surface area (Å²) in [4.78, 5) is 0. The summed E-state index contributed by atoms with van der Waals surface area (Å²) in [7, 11) is 0. The first-order chi connectivity index (χ1) is 6.81. The van der Waals surface area contributed by atoms with Crippen LogP contribution in [0.2, 0.25) is 0 Å². The first-order valence-electron chi connectivity index (χ1n) is 6.81.